The van der Waals surface area contributed by atoms with E-state index in [1.165, 1.54) is 12.1 Å². The van der Waals surface area contributed by atoms with Crippen LogP contribution in [0.3, 0.4) is 0 Å². The van der Waals surface area contributed by atoms with Gasteiger partial charge in [-0.25, -0.2) is 18.2 Å². The van der Waals surface area contributed by atoms with Crippen molar-refractivity contribution in [1.82, 2.24) is 15.6 Å². The quantitative estimate of drug-likeness (QED) is 0.0867. The average molecular weight is 683 g/mol. The third-order valence-electron chi connectivity index (χ3n) is 6.70. The lowest BCUT2D eigenvalue weighted by molar-refractivity contribution is -0.386. The minimum atomic E-state index is -3.59. The van der Waals surface area contributed by atoms with Crippen LogP contribution < -0.4 is 19.9 Å². The average Bonchev–Trinajstić information content (AvgIpc) is 3.47. The molecule has 14 heteroatoms. The first-order chi connectivity index (χ1) is 21.2. The fraction of sp³-hybridized carbons (Fsp3) is 0.200. The molecule has 0 fully saturated rings. The molecule has 0 aliphatic rings. The number of ether oxygens (including phenoxy) is 2. The topological polar surface area (TPSA) is 173 Å². The van der Waals surface area contributed by atoms with Gasteiger partial charge in [0, 0.05) is 34.3 Å². The van der Waals surface area contributed by atoms with Gasteiger partial charge in [-0.05, 0) is 68.0 Å². The molecule has 12 nitrogen and oxygen atoms in total. The van der Waals surface area contributed by atoms with E-state index in [2.05, 4.69) is 31.6 Å². The van der Waals surface area contributed by atoms with E-state index in [1.807, 2.05) is 54.6 Å². The Morgan fingerprint density at radius 1 is 0.909 bits per heavy atom. The Bertz CT molecular complexity index is 1880. The molecule has 0 spiro atoms. The lowest BCUT2D eigenvalue weighted by Crippen LogP contribution is -2.22. The number of nitro groups is 1. The zero-order valence-corrected chi connectivity index (χ0v) is 25.7. The van der Waals surface area contributed by atoms with Gasteiger partial charge in [-0.3, -0.25) is 10.1 Å². The van der Waals surface area contributed by atoms with Crippen molar-refractivity contribution in [3.8, 4) is 22.6 Å². The van der Waals surface area contributed by atoms with Gasteiger partial charge in [-0.15, -0.1) is 0 Å². The highest BCUT2D eigenvalue weighted by molar-refractivity contribution is 9.10. The van der Waals surface area contributed by atoms with Crippen molar-refractivity contribution < 1.29 is 27.4 Å². The molecule has 5 rings (SSSR count). The summed E-state index contributed by atoms with van der Waals surface area (Å²) in [7, 11) is -3.59. The Labute approximate surface area is 261 Å². The standard InChI is InChI=1S/C30H28BrN5O7S/c31-30-22(8-4-9-24(30)21-6-2-1-3-7-21)19-42-29-16-28(41-18-20-10-11-25-26(14-20)35-43-34-25)23(15-27(29)36(37)38)17-33-12-5-13-44(32,39)40/h1-4,6-11,14-16,33H,5,12-13,17-19H2,(H2,32,39,40). The molecule has 4 aromatic carbocycles. The number of benzene rings is 4. The Balaban J connectivity index is 1.40. The number of nitrogens with two attached hydrogens (primary N) is 1. The van der Waals surface area contributed by atoms with Gasteiger partial charge in [-0.1, -0.05) is 54.6 Å². The fourth-order valence-corrected chi connectivity index (χ4v) is 5.67. The predicted octanol–water partition coefficient (Wildman–Crippen LogP) is 5.49. The minimum Gasteiger partial charge on any atom is -0.488 e. The van der Waals surface area contributed by atoms with Gasteiger partial charge in [0.1, 0.15) is 30.0 Å². The molecular formula is C30H28BrN5O7S. The number of nitro benzene ring substituents is 1. The zero-order valence-electron chi connectivity index (χ0n) is 23.3. The molecule has 3 N–H and O–H groups in total. The second-order valence-corrected chi connectivity index (χ2v) is 12.4. The summed E-state index contributed by atoms with van der Waals surface area (Å²) in [5, 5.41) is 28.0. The van der Waals surface area contributed by atoms with Gasteiger partial charge in [0.25, 0.3) is 0 Å². The number of sulfonamides is 1. The third kappa shape index (κ3) is 7.96. The van der Waals surface area contributed by atoms with E-state index in [9.17, 15) is 18.5 Å². The van der Waals surface area contributed by atoms with Crippen LogP contribution in [0.25, 0.3) is 22.2 Å². The van der Waals surface area contributed by atoms with Crippen molar-refractivity contribution >= 4 is 42.7 Å². The van der Waals surface area contributed by atoms with Crippen LogP contribution in [-0.4, -0.2) is 36.0 Å². The van der Waals surface area contributed by atoms with Crippen LogP contribution in [0.1, 0.15) is 23.1 Å². The molecule has 1 aromatic heterocycles. The van der Waals surface area contributed by atoms with Gasteiger partial charge in [-0.2, -0.15) is 0 Å². The Morgan fingerprint density at radius 2 is 1.68 bits per heavy atom. The maximum atomic E-state index is 12.1. The monoisotopic (exact) mass is 681 g/mol. The van der Waals surface area contributed by atoms with Crippen molar-refractivity contribution in [1.29, 1.82) is 0 Å². The van der Waals surface area contributed by atoms with E-state index in [-0.39, 0.29) is 43.4 Å². The SMILES string of the molecule is NS(=O)(=O)CCCNCc1cc([N+](=O)[O-])c(OCc2cccc(-c3ccccc3)c2Br)cc1OCc1ccc2nonc2c1. The van der Waals surface area contributed by atoms with Gasteiger partial charge < -0.3 is 14.8 Å². The molecule has 0 radical (unpaired) electrons. The number of halogens is 1. The number of hydrogen-bond acceptors (Lipinski definition) is 10. The zero-order chi connectivity index (χ0) is 31.1. The van der Waals surface area contributed by atoms with Crippen molar-refractivity contribution in [2.24, 2.45) is 5.14 Å². The maximum Gasteiger partial charge on any atom is 0.311 e. The normalized spacial score (nSPS) is 11.5. The van der Waals surface area contributed by atoms with E-state index in [1.54, 1.807) is 12.1 Å². The molecule has 44 heavy (non-hydrogen) atoms. The number of rotatable bonds is 14. The van der Waals surface area contributed by atoms with Crippen molar-refractivity contribution in [3.05, 3.63) is 110 Å². The summed E-state index contributed by atoms with van der Waals surface area (Å²) in [6, 6.07) is 23.9. The summed E-state index contributed by atoms with van der Waals surface area (Å²) in [4.78, 5) is 11.6. The number of aromatic nitrogens is 2. The lowest BCUT2D eigenvalue weighted by atomic mass is 10.0. The van der Waals surface area contributed by atoms with Crippen LogP contribution in [0.5, 0.6) is 11.5 Å². The molecule has 1 heterocycles. The second-order valence-electron chi connectivity index (χ2n) is 9.89. The predicted molar refractivity (Wildman–Crippen MR) is 167 cm³/mol. The van der Waals surface area contributed by atoms with Crippen LogP contribution in [0.4, 0.5) is 5.69 Å². The number of nitrogens with zero attached hydrogens (tertiary/aromatic N) is 3. The lowest BCUT2D eigenvalue weighted by Gasteiger charge is -2.16. The van der Waals surface area contributed by atoms with Gasteiger partial charge in [0.05, 0.1) is 10.7 Å². The van der Waals surface area contributed by atoms with E-state index in [4.69, 9.17) is 19.2 Å². The third-order valence-corrected chi connectivity index (χ3v) is 8.49. The van der Waals surface area contributed by atoms with E-state index in [0.717, 1.165) is 26.7 Å². The van der Waals surface area contributed by atoms with Gasteiger partial charge in [0.2, 0.25) is 15.8 Å². The van der Waals surface area contributed by atoms with Crippen LogP contribution in [0.15, 0.2) is 88.0 Å². The molecule has 0 atom stereocenters. The minimum absolute atomic E-state index is 0.0381. The highest BCUT2D eigenvalue weighted by atomic mass is 79.9. The van der Waals surface area contributed by atoms with E-state index >= 15 is 0 Å². The van der Waals surface area contributed by atoms with Crippen molar-refractivity contribution in [2.45, 2.75) is 26.2 Å². The van der Waals surface area contributed by atoms with Crippen molar-refractivity contribution in [2.75, 3.05) is 12.3 Å². The molecule has 0 aliphatic heterocycles. The molecule has 0 aliphatic carbocycles. The smallest absolute Gasteiger partial charge is 0.311 e. The Morgan fingerprint density at radius 3 is 2.45 bits per heavy atom. The Kier molecular flexibility index (Phi) is 9.85. The maximum absolute atomic E-state index is 12.1. The highest BCUT2D eigenvalue weighted by Crippen LogP contribution is 2.37. The summed E-state index contributed by atoms with van der Waals surface area (Å²) >= 11 is 3.67. The number of fused-ring (bicyclic) bond motifs is 1. The fourth-order valence-electron chi connectivity index (χ4n) is 4.51. The molecule has 0 saturated carbocycles. The first-order valence-corrected chi connectivity index (χ1v) is 16.0. The molecule has 0 unspecified atom stereocenters. The summed E-state index contributed by atoms with van der Waals surface area (Å²) in [5.41, 5.74) is 5.00. The van der Waals surface area contributed by atoms with Crippen LogP contribution >= 0.6 is 15.9 Å². The summed E-state index contributed by atoms with van der Waals surface area (Å²) in [6.45, 7) is 0.688. The van der Waals surface area contributed by atoms with E-state index in [0.29, 0.717) is 28.9 Å². The number of hydrogen-bond donors (Lipinski definition) is 2. The summed E-state index contributed by atoms with van der Waals surface area (Å²) in [5.74, 6) is 0.215. The van der Waals surface area contributed by atoms with Gasteiger partial charge in [0.15, 0.2) is 0 Å². The first-order valence-electron chi connectivity index (χ1n) is 13.5. The molecule has 0 saturated heterocycles. The summed E-state index contributed by atoms with van der Waals surface area (Å²) < 4.78 is 40.3. The first kappa shape index (κ1) is 31.1. The molecular weight excluding hydrogens is 654 g/mol. The second kappa shape index (κ2) is 13.9. The Hall–Kier alpha value is -4.37. The molecule has 5 aromatic rings. The van der Waals surface area contributed by atoms with Crippen LogP contribution in [0.2, 0.25) is 0 Å². The van der Waals surface area contributed by atoms with Gasteiger partial charge >= 0.3 is 5.69 Å². The largest absolute Gasteiger partial charge is 0.488 e. The van der Waals surface area contributed by atoms with Crippen molar-refractivity contribution in [3.63, 3.8) is 0 Å². The summed E-state index contributed by atoms with van der Waals surface area (Å²) in [6.07, 6.45) is 0.279. The molecule has 0 amide bonds. The van der Waals surface area contributed by atoms with Crippen LogP contribution in [0, 0.1) is 10.1 Å². The number of primary sulfonamides is 1. The molecule has 228 valence electrons. The molecule has 0 bridgehead atoms. The highest BCUT2D eigenvalue weighted by Gasteiger charge is 2.22. The number of nitrogens with one attached hydrogen (secondary N) is 1. The van der Waals surface area contributed by atoms with Crippen LogP contribution in [-0.2, 0) is 29.8 Å². The van der Waals surface area contributed by atoms with E-state index < -0.39 is 14.9 Å².